The third-order valence-electron chi connectivity index (χ3n) is 5.17. The maximum absolute atomic E-state index is 12.6. The topological polar surface area (TPSA) is 124 Å². The molecule has 2 aromatic carbocycles. The molecule has 3 aromatic rings. The number of fused-ring (bicyclic) bond motifs is 2. The Balaban J connectivity index is 1.87. The fraction of sp³-hybridized carbons (Fsp3) is 0.273. The Kier molecular flexibility index (Phi) is 5.57. The van der Waals surface area contributed by atoms with Crippen LogP contribution < -0.4 is 14.8 Å². The van der Waals surface area contributed by atoms with Crippen LogP contribution in [0.15, 0.2) is 42.6 Å². The third-order valence-corrected chi connectivity index (χ3v) is 5.17. The van der Waals surface area contributed by atoms with Crippen LogP contribution in [-0.4, -0.2) is 27.7 Å². The molecule has 31 heavy (non-hydrogen) atoms. The van der Waals surface area contributed by atoms with E-state index in [1.165, 1.54) is 18.3 Å². The van der Waals surface area contributed by atoms with E-state index in [9.17, 15) is 20.0 Å². The summed E-state index contributed by atoms with van der Waals surface area (Å²) in [6, 6.07) is 8.66. The molecule has 160 valence electrons. The average molecular weight is 423 g/mol. The number of nitrogens with one attached hydrogen (secondary N) is 1. The lowest BCUT2D eigenvalue weighted by atomic mass is 9.94. The predicted octanol–water partition coefficient (Wildman–Crippen LogP) is 3.97. The smallest absolute Gasteiger partial charge is 0.279 e. The number of nitro benzene ring substituents is 1. The van der Waals surface area contributed by atoms with Crippen molar-refractivity contribution in [2.45, 2.75) is 32.2 Å². The molecular formula is C22H21N3O6. The van der Waals surface area contributed by atoms with E-state index in [2.05, 4.69) is 10.3 Å². The first-order valence-electron chi connectivity index (χ1n) is 9.93. The normalized spacial score (nSPS) is 13.2. The van der Waals surface area contributed by atoms with Crippen molar-refractivity contribution in [2.75, 3.05) is 6.79 Å². The van der Waals surface area contributed by atoms with Crippen LogP contribution in [0.3, 0.4) is 0 Å². The number of benzene rings is 2. The molecule has 0 fully saturated rings. The molecule has 0 aliphatic carbocycles. The van der Waals surface area contributed by atoms with Crippen LogP contribution in [-0.2, 0) is 4.79 Å². The van der Waals surface area contributed by atoms with Crippen LogP contribution >= 0.6 is 0 Å². The van der Waals surface area contributed by atoms with Gasteiger partial charge in [0, 0.05) is 24.2 Å². The lowest BCUT2D eigenvalue weighted by Crippen LogP contribution is -2.29. The van der Waals surface area contributed by atoms with E-state index < -0.39 is 11.0 Å². The fourth-order valence-electron chi connectivity index (χ4n) is 3.61. The number of hydrogen-bond donors (Lipinski definition) is 2. The quantitative estimate of drug-likeness (QED) is 0.435. The summed E-state index contributed by atoms with van der Waals surface area (Å²) < 4.78 is 10.8. The fourth-order valence-corrected chi connectivity index (χ4v) is 3.61. The molecule has 9 heteroatoms. The molecule has 1 aliphatic rings. The SMILES string of the molecule is CCCCC(=O)NC(c1ccc2c(c1)OCO2)c1cc([N+](=O)[O-])c2cccnc2c1O. The van der Waals surface area contributed by atoms with E-state index in [4.69, 9.17) is 9.47 Å². The number of aromatic hydroxyl groups is 1. The molecule has 2 N–H and O–H groups in total. The van der Waals surface area contributed by atoms with Gasteiger partial charge >= 0.3 is 0 Å². The first-order valence-corrected chi connectivity index (χ1v) is 9.93. The Morgan fingerprint density at radius 1 is 1.29 bits per heavy atom. The number of ether oxygens (including phenoxy) is 2. The van der Waals surface area contributed by atoms with Crippen molar-refractivity contribution in [1.82, 2.24) is 10.3 Å². The Morgan fingerprint density at radius 2 is 2.10 bits per heavy atom. The largest absolute Gasteiger partial charge is 0.505 e. The summed E-state index contributed by atoms with van der Waals surface area (Å²) in [5.41, 5.74) is 0.667. The van der Waals surface area contributed by atoms with Crippen molar-refractivity contribution >= 4 is 22.5 Å². The maximum Gasteiger partial charge on any atom is 0.279 e. The third kappa shape index (κ3) is 3.94. The molecular weight excluding hydrogens is 402 g/mol. The van der Waals surface area contributed by atoms with Crippen LogP contribution in [0.5, 0.6) is 17.2 Å². The number of phenolic OH excluding ortho intramolecular Hbond substituents is 1. The number of non-ortho nitro benzene ring substituents is 1. The molecule has 0 spiro atoms. The zero-order valence-electron chi connectivity index (χ0n) is 16.8. The number of nitro groups is 1. The molecule has 1 atom stereocenters. The summed E-state index contributed by atoms with van der Waals surface area (Å²) in [5.74, 6) is 0.612. The van der Waals surface area contributed by atoms with Gasteiger partial charge < -0.3 is 19.9 Å². The van der Waals surface area contributed by atoms with Crippen molar-refractivity contribution in [3.63, 3.8) is 0 Å². The minimum Gasteiger partial charge on any atom is -0.505 e. The number of phenols is 1. The Morgan fingerprint density at radius 3 is 2.87 bits per heavy atom. The Hall–Kier alpha value is -3.88. The van der Waals surface area contributed by atoms with Gasteiger partial charge in [0.05, 0.1) is 16.4 Å². The second-order valence-electron chi connectivity index (χ2n) is 7.21. The van der Waals surface area contributed by atoms with Gasteiger partial charge in [-0.1, -0.05) is 19.4 Å². The predicted molar refractivity (Wildman–Crippen MR) is 112 cm³/mol. The molecule has 1 aliphatic heterocycles. The number of amides is 1. The summed E-state index contributed by atoms with van der Waals surface area (Å²) in [6.45, 7) is 2.07. The van der Waals surface area contributed by atoms with Crippen LogP contribution in [0.25, 0.3) is 10.9 Å². The molecule has 1 aromatic heterocycles. The van der Waals surface area contributed by atoms with Gasteiger partial charge in [0.25, 0.3) is 5.69 Å². The van der Waals surface area contributed by atoms with Crippen LogP contribution in [0.2, 0.25) is 0 Å². The minimum absolute atomic E-state index is 0.0862. The van der Waals surface area contributed by atoms with Gasteiger partial charge in [0.15, 0.2) is 11.5 Å². The minimum atomic E-state index is -0.844. The number of carbonyl (C=O) groups is 1. The zero-order valence-corrected chi connectivity index (χ0v) is 16.8. The number of pyridine rings is 1. The molecule has 0 saturated heterocycles. The summed E-state index contributed by atoms with van der Waals surface area (Å²) in [4.78, 5) is 27.9. The molecule has 4 rings (SSSR count). The van der Waals surface area contributed by atoms with Crippen LogP contribution in [0, 0.1) is 10.1 Å². The highest BCUT2D eigenvalue weighted by molar-refractivity contribution is 5.94. The highest BCUT2D eigenvalue weighted by Crippen LogP contribution is 2.41. The summed E-state index contributed by atoms with van der Waals surface area (Å²) in [5, 5.41) is 25.8. The second kappa shape index (κ2) is 8.47. The van der Waals surface area contributed by atoms with Crippen molar-refractivity contribution in [1.29, 1.82) is 0 Å². The van der Waals surface area contributed by atoms with E-state index in [0.717, 1.165) is 6.42 Å². The van der Waals surface area contributed by atoms with Gasteiger partial charge in [0.1, 0.15) is 11.3 Å². The number of rotatable bonds is 7. The molecule has 1 amide bonds. The Labute approximate surface area is 177 Å². The van der Waals surface area contributed by atoms with Gasteiger partial charge in [-0.15, -0.1) is 0 Å². The molecule has 1 unspecified atom stereocenters. The lowest BCUT2D eigenvalue weighted by Gasteiger charge is -2.22. The number of unbranched alkanes of at least 4 members (excludes halogenated alkanes) is 1. The first-order chi connectivity index (χ1) is 15.0. The van der Waals surface area contributed by atoms with Gasteiger partial charge in [-0.3, -0.25) is 19.9 Å². The van der Waals surface area contributed by atoms with Crippen LogP contribution in [0.4, 0.5) is 5.69 Å². The number of aromatic nitrogens is 1. The van der Waals surface area contributed by atoms with Crippen molar-refractivity contribution in [3.8, 4) is 17.2 Å². The monoisotopic (exact) mass is 423 g/mol. The van der Waals surface area contributed by atoms with Crippen molar-refractivity contribution < 1.29 is 24.3 Å². The van der Waals surface area contributed by atoms with E-state index >= 15 is 0 Å². The first kappa shape index (κ1) is 20.4. The molecule has 0 bridgehead atoms. The second-order valence-corrected chi connectivity index (χ2v) is 7.21. The van der Waals surface area contributed by atoms with Gasteiger partial charge in [-0.05, 0) is 36.2 Å². The van der Waals surface area contributed by atoms with Gasteiger partial charge in [0.2, 0.25) is 12.7 Å². The van der Waals surface area contributed by atoms with Gasteiger partial charge in [-0.25, -0.2) is 0 Å². The standard InChI is InChI=1S/C22H21N3O6/c1-2-3-6-19(26)24-20(13-7-8-17-18(10-13)31-12-30-17)15-11-16(25(28)29)14-5-4-9-23-21(14)22(15)27/h4-5,7-11,20,27H,2-3,6,12H2,1H3,(H,24,26). The average Bonchev–Trinajstić information content (AvgIpc) is 3.24. The highest BCUT2D eigenvalue weighted by Gasteiger charge is 2.28. The zero-order chi connectivity index (χ0) is 22.0. The van der Waals surface area contributed by atoms with Crippen molar-refractivity contribution in [2.24, 2.45) is 0 Å². The Bertz CT molecular complexity index is 1160. The summed E-state index contributed by atoms with van der Waals surface area (Å²) in [6.07, 6.45) is 3.29. The van der Waals surface area contributed by atoms with E-state index in [1.54, 1.807) is 24.3 Å². The van der Waals surface area contributed by atoms with Gasteiger partial charge in [-0.2, -0.15) is 0 Å². The number of hydrogen-bond acceptors (Lipinski definition) is 7. The number of nitrogens with zero attached hydrogens (tertiary/aromatic N) is 2. The van der Waals surface area contributed by atoms with E-state index in [0.29, 0.717) is 29.9 Å². The number of carbonyl (C=O) groups excluding carboxylic acids is 1. The molecule has 0 saturated carbocycles. The highest BCUT2D eigenvalue weighted by atomic mass is 16.7. The summed E-state index contributed by atoms with van der Waals surface area (Å²) >= 11 is 0. The molecule has 0 radical (unpaired) electrons. The molecule has 9 nitrogen and oxygen atoms in total. The van der Waals surface area contributed by atoms with Crippen LogP contribution in [0.1, 0.15) is 43.4 Å². The molecule has 2 heterocycles. The maximum atomic E-state index is 12.6. The van der Waals surface area contributed by atoms with E-state index in [1.807, 2.05) is 6.92 Å². The van der Waals surface area contributed by atoms with Crippen molar-refractivity contribution in [3.05, 3.63) is 63.8 Å². The van der Waals surface area contributed by atoms with E-state index in [-0.39, 0.29) is 40.6 Å². The lowest BCUT2D eigenvalue weighted by molar-refractivity contribution is -0.383. The summed E-state index contributed by atoms with van der Waals surface area (Å²) in [7, 11) is 0.